The minimum Gasteiger partial charge on any atom is -0.324 e. The minimum absolute atomic E-state index is 0.171. The molecule has 21 heavy (non-hydrogen) atoms. The number of halogens is 2. The summed E-state index contributed by atoms with van der Waals surface area (Å²) in [6, 6.07) is 4.93. The van der Waals surface area contributed by atoms with Gasteiger partial charge in [0, 0.05) is 11.6 Å². The van der Waals surface area contributed by atoms with Gasteiger partial charge in [0.2, 0.25) is 5.91 Å². The molecule has 1 aromatic heterocycles. The fraction of sp³-hybridized carbons (Fsp3) is 0.308. The van der Waals surface area contributed by atoms with Gasteiger partial charge in [-0.2, -0.15) is 0 Å². The highest BCUT2D eigenvalue weighted by Crippen LogP contribution is 2.27. The Bertz CT molecular complexity index is 647. The van der Waals surface area contributed by atoms with Crippen molar-refractivity contribution in [2.75, 3.05) is 5.32 Å². The average molecular weight is 345 g/mol. The van der Waals surface area contributed by atoms with E-state index in [0.29, 0.717) is 20.9 Å². The van der Waals surface area contributed by atoms with Crippen molar-refractivity contribution >= 4 is 46.6 Å². The van der Waals surface area contributed by atoms with Gasteiger partial charge in [-0.25, -0.2) is 0 Å². The van der Waals surface area contributed by atoms with Crippen LogP contribution in [-0.4, -0.2) is 25.9 Å². The number of rotatable bonds is 5. The standard InChI is InChI=1S/C13H14Cl2N4OS/c1-3-19-7-16-18-13(19)21-8(2)12(20)17-11-6-9(14)4-5-10(11)15/h4-8H,3H2,1-2H3,(H,17,20). The highest BCUT2D eigenvalue weighted by atomic mass is 35.5. The number of nitrogens with zero attached hydrogens (tertiary/aromatic N) is 3. The molecule has 1 aromatic carbocycles. The number of carbonyl (C=O) groups is 1. The Labute approximate surface area is 137 Å². The second kappa shape index (κ2) is 7.15. The molecule has 0 saturated heterocycles. The maximum atomic E-state index is 12.2. The summed E-state index contributed by atoms with van der Waals surface area (Å²) in [5, 5.41) is 11.9. The van der Waals surface area contributed by atoms with Gasteiger partial charge in [-0.05, 0) is 32.0 Å². The highest BCUT2D eigenvalue weighted by Gasteiger charge is 2.18. The summed E-state index contributed by atoms with van der Waals surface area (Å²) in [4.78, 5) is 12.2. The van der Waals surface area contributed by atoms with Crippen LogP contribution in [0.1, 0.15) is 13.8 Å². The zero-order valence-corrected chi connectivity index (χ0v) is 13.8. The van der Waals surface area contributed by atoms with E-state index in [1.165, 1.54) is 11.8 Å². The van der Waals surface area contributed by atoms with E-state index in [0.717, 1.165) is 6.54 Å². The van der Waals surface area contributed by atoms with E-state index in [4.69, 9.17) is 23.2 Å². The monoisotopic (exact) mass is 344 g/mol. The summed E-state index contributed by atoms with van der Waals surface area (Å²) in [5.74, 6) is -0.171. The lowest BCUT2D eigenvalue weighted by Gasteiger charge is -2.13. The third-order valence-corrected chi connectivity index (χ3v) is 4.42. The van der Waals surface area contributed by atoms with Crippen molar-refractivity contribution in [1.82, 2.24) is 14.8 Å². The number of aryl methyl sites for hydroxylation is 1. The molecule has 0 radical (unpaired) electrons. The Morgan fingerprint density at radius 3 is 2.95 bits per heavy atom. The maximum Gasteiger partial charge on any atom is 0.237 e. The Kier molecular flexibility index (Phi) is 5.50. The van der Waals surface area contributed by atoms with Crippen molar-refractivity contribution in [2.45, 2.75) is 30.8 Å². The van der Waals surface area contributed by atoms with Gasteiger partial charge in [0.05, 0.1) is 16.0 Å². The number of hydrogen-bond donors (Lipinski definition) is 1. The Morgan fingerprint density at radius 2 is 2.24 bits per heavy atom. The molecule has 1 N–H and O–H groups in total. The number of anilines is 1. The van der Waals surface area contributed by atoms with Crippen LogP contribution >= 0.6 is 35.0 Å². The molecule has 0 bridgehead atoms. The predicted molar refractivity (Wildman–Crippen MR) is 86.1 cm³/mol. The molecule has 0 aliphatic heterocycles. The molecule has 0 spiro atoms. The van der Waals surface area contributed by atoms with E-state index in [2.05, 4.69) is 15.5 Å². The highest BCUT2D eigenvalue weighted by molar-refractivity contribution is 8.00. The molecule has 1 unspecified atom stereocenters. The second-order valence-electron chi connectivity index (χ2n) is 4.27. The first kappa shape index (κ1) is 16.1. The fourth-order valence-corrected chi connectivity index (χ4v) is 2.82. The summed E-state index contributed by atoms with van der Waals surface area (Å²) >= 11 is 13.3. The zero-order chi connectivity index (χ0) is 15.4. The molecule has 0 saturated carbocycles. The molecule has 0 aliphatic rings. The van der Waals surface area contributed by atoms with Crippen LogP contribution in [0, 0.1) is 0 Å². The van der Waals surface area contributed by atoms with Crippen LogP contribution in [-0.2, 0) is 11.3 Å². The molecule has 1 atom stereocenters. The lowest BCUT2D eigenvalue weighted by atomic mass is 10.3. The number of aromatic nitrogens is 3. The molecule has 0 aliphatic carbocycles. The van der Waals surface area contributed by atoms with Crippen LogP contribution in [0.5, 0.6) is 0 Å². The molecule has 0 fully saturated rings. The molecule has 5 nitrogen and oxygen atoms in total. The SMILES string of the molecule is CCn1cnnc1SC(C)C(=O)Nc1cc(Cl)ccc1Cl. The van der Waals surface area contributed by atoms with Gasteiger partial charge in [0.15, 0.2) is 5.16 Å². The van der Waals surface area contributed by atoms with Crippen molar-refractivity contribution < 1.29 is 4.79 Å². The quantitative estimate of drug-likeness (QED) is 0.839. The first-order chi connectivity index (χ1) is 10.0. The van der Waals surface area contributed by atoms with Gasteiger partial charge in [0.1, 0.15) is 6.33 Å². The lowest BCUT2D eigenvalue weighted by molar-refractivity contribution is -0.115. The van der Waals surface area contributed by atoms with Crippen LogP contribution < -0.4 is 5.32 Å². The third-order valence-electron chi connectivity index (χ3n) is 2.76. The maximum absolute atomic E-state index is 12.2. The smallest absolute Gasteiger partial charge is 0.237 e. The molecule has 2 aromatic rings. The van der Waals surface area contributed by atoms with Gasteiger partial charge in [0.25, 0.3) is 0 Å². The van der Waals surface area contributed by atoms with Crippen molar-refractivity contribution in [3.8, 4) is 0 Å². The van der Waals surface area contributed by atoms with E-state index in [1.807, 2.05) is 11.5 Å². The number of benzene rings is 1. The van der Waals surface area contributed by atoms with Crippen molar-refractivity contribution in [3.63, 3.8) is 0 Å². The van der Waals surface area contributed by atoms with Crippen molar-refractivity contribution in [1.29, 1.82) is 0 Å². The van der Waals surface area contributed by atoms with Crippen LogP contribution in [0.2, 0.25) is 10.0 Å². The molecular weight excluding hydrogens is 331 g/mol. The van der Waals surface area contributed by atoms with Crippen molar-refractivity contribution in [2.24, 2.45) is 0 Å². The molecule has 8 heteroatoms. The molecule has 1 amide bonds. The minimum atomic E-state index is -0.338. The van der Waals surface area contributed by atoms with Gasteiger partial charge < -0.3 is 9.88 Å². The average Bonchev–Trinajstić information content (AvgIpc) is 2.90. The molecule has 1 heterocycles. The van der Waals surface area contributed by atoms with Gasteiger partial charge in [-0.3, -0.25) is 4.79 Å². The van der Waals surface area contributed by atoms with Crippen LogP contribution in [0.15, 0.2) is 29.7 Å². The summed E-state index contributed by atoms with van der Waals surface area (Å²) < 4.78 is 1.88. The number of thioether (sulfide) groups is 1. The predicted octanol–water partition coefficient (Wildman–Crippen LogP) is 3.72. The number of hydrogen-bond acceptors (Lipinski definition) is 4. The van der Waals surface area contributed by atoms with Gasteiger partial charge in [-0.15, -0.1) is 10.2 Å². The van der Waals surface area contributed by atoms with E-state index >= 15 is 0 Å². The largest absolute Gasteiger partial charge is 0.324 e. The second-order valence-corrected chi connectivity index (χ2v) is 6.42. The summed E-state index contributed by atoms with van der Waals surface area (Å²) in [6.45, 7) is 4.54. The normalized spacial score (nSPS) is 12.2. The van der Waals surface area contributed by atoms with Crippen LogP contribution in [0.25, 0.3) is 0 Å². The summed E-state index contributed by atoms with van der Waals surface area (Å²) in [6.07, 6.45) is 1.64. The van der Waals surface area contributed by atoms with Gasteiger partial charge >= 0.3 is 0 Å². The van der Waals surface area contributed by atoms with Crippen LogP contribution in [0.4, 0.5) is 5.69 Å². The fourth-order valence-electron chi connectivity index (χ4n) is 1.59. The molecular formula is C13H14Cl2N4OS. The van der Waals surface area contributed by atoms with Gasteiger partial charge in [-0.1, -0.05) is 35.0 Å². The van der Waals surface area contributed by atoms with E-state index in [1.54, 1.807) is 31.5 Å². The summed E-state index contributed by atoms with van der Waals surface area (Å²) in [7, 11) is 0. The Hall–Kier alpha value is -1.24. The number of nitrogens with one attached hydrogen (secondary N) is 1. The molecule has 2 rings (SSSR count). The first-order valence-electron chi connectivity index (χ1n) is 6.31. The third kappa shape index (κ3) is 4.12. The van der Waals surface area contributed by atoms with Crippen molar-refractivity contribution in [3.05, 3.63) is 34.6 Å². The topological polar surface area (TPSA) is 59.8 Å². The lowest BCUT2D eigenvalue weighted by Crippen LogP contribution is -2.23. The first-order valence-corrected chi connectivity index (χ1v) is 7.95. The Morgan fingerprint density at radius 1 is 1.48 bits per heavy atom. The number of amides is 1. The van der Waals surface area contributed by atoms with Crippen LogP contribution in [0.3, 0.4) is 0 Å². The zero-order valence-electron chi connectivity index (χ0n) is 11.5. The van der Waals surface area contributed by atoms with E-state index in [9.17, 15) is 4.79 Å². The summed E-state index contributed by atoms with van der Waals surface area (Å²) in [5.41, 5.74) is 0.499. The Balaban J connectivity index is 2.04. The van der Waals surface area contributed by atoms with E-state index < -0.39 is 0 Å². The van der Waals surface area contributed by atoms with E-state index in [-0.39, 0.29) is 11.2 Å². The molecule has 112 valence electrons. The number of carbonyl (C=O) groups excluding carboxylic acids is 1.